The lowest BCUT2D eigenvalue weighted by Gasteiger charge is -2.26. The predicted octanol–water partition coefficient (Wildman–Crippen LogP) is 7.09. The van der Waals surface area contributed by atoms with E-state index in [4.69, 9.17) is 32.7 Å². The van der Waals surface area contributed by atoms with E-state index in [9.17, 15) is 9.59 Å². The molecule has 0 aliphatic rings. The van der Waals surface area contributed by atoms with E-state index in [-0.39, 0.29) is 30.4 Å². The van der Waals surface area contributed by atoms with Crippen molar-refractivity contribution in [1.82, 2.24) is 4.90 Å². The van der Waals surface area contributed by atoms with Crippen LogP contribution in [0.1, 0.15) is 53.8 Å². The molecule has 0 fully saturated rings. The Morgan fingerprint density at radius 2 is 1.30 bits per heavy atom. The first kappa shape index (κ1) is 33.0. The molecule has 0 amide bonds. The highest BCUT2D eigenvalue weighted by molar-refractivity contribution is 6.18. The average Bonchev–Trinajstić information content (AvgIpc) is 2.90. The van der Waals surface area contributed by atoms with Crippen LogP contribution in [0.25, 0.3) is 0 Å². The summed E-state index contributed by atoms with van der Waals surface area (Å²) in [5.41, 5.74) is 1.47. The van der Waals surface area contributed by atoms with E-state index >= 15 is 0 Å². The lowest BCUT2D eigenvalue weighted by Crippen LogP contribution is -2.36. The van der Waals surface area contributed by atoms with Crippen molar-refractivity contribution in [3.05, 3.63) is 71.8 Å². The van der Waals surface area contributed by atoms with Gasteiger partial charge in [0.25, 0.3) is 0 Å². The number of benzene rings is 2. The maximum atomic E-state index is 13.6. The maximum absolute atomic E-state index is 13.6. The standard InChI is InChI=1S/C29H37Cl2NO4.ClH/c1-4-18-35-26-10-6-23(7-11-26)28(33)22(3)20-25(21-32(16-14-30)17-15-31)29(34)24-8-12-27(13-9-24)36-19-5-2;/h6-13,25H,3-5,14-21H2,1-2H3;1H. The van der Waals surface area contributed by atoms with E-state index < -0.39 is 5.92 Å². The van der Waals surface area contributed by atoms with Gasteiger partial charge in [-0.2, -0.15) is 0 Å². The molecule has 0 heterocycles. The minimum Gasteiger partial charge on any atom is -0.494 e. The number of Topliss-reactive ketones (excluding diaryl/α,β-unsaturated/α-hetero) is 2. The van der Waals surface area contributed by atoms with Crippen molar-refractivity contribution in [3.63, 3.8) is 0 Å². The van der Waals surface area contributed by atoms with Crippen LogP contribution < -0.4 is 9.47 Å². The monoisotopic (exact) mass is 569 g/mol. The Morgan fingerprint density at radius 1 is 0.838 bits per heavy atom. The molecular formula is C29H38Cl3NO4. The van der Waals surface area contributed by atoms with Crippen LogP contribution in [0.5, 0.6) is 11.5 Å². The van der Waals surface area contributed by atoms with Crippen LogP contribution in [-0.4, -0.2) is 61.1 Å². The van der Waals surface area contributed by atoms with Crippen LogP contribution in [0, 0.1) is 5.92 Å². The van der Waals surface area contributed by atoms with Crippen molar-refractivity contribution >= 4 is 47.2 Å². The quantitative estimate of drug-likeness (QED) is 0.109. The summed E-state index contributed by atoms with van der Waals surface area (Å²) in [7, 11) is 0. The fraction of sp³-hybridized carbons (Fsp3) is 0.448. The normalized spacial score (nSPS) is 11.5. The van der Waals surface area contributed by atoms with Crippen molar-refractivity contribution in [1.29, 1.82) is 0 Å². The second kappa shape index (κ2) is 18.2. The molecule has 0 saturated heterocycles. The van der Waals surface area contributed by atoms with E-state index in [0.717, 1.165) is 24.3 Å². The fourth-order valence-electron chi connectivity index (χ4n) is 3.77. The van der Waals surface area contributed by atoms with Crippen molar-refractivity contribution in [2.24, 2.45) is 5.92 Å². The first-order chi connectivity index (χ1) is 17.4. The number of hydrogen-bond donors (Lipinski definition) is 0. The zero-order valence-corrected chi connectivity index (χ0v) is 24.0. The molecule has 0 aliphatic carbocycles. The summed E-state index contributed by atoms with van der Waals surface area (Å²) in [4.78, 5) is 28.7. The third kappa shape index (κ3) is 11.1. The fourth-order valence-corrected chi connectivity index (χ4v) is 4.25. The van der Waals surface area contributed by atoms with E-state index in [0.29, 0.717) is 61.3 Å². The third-order valence-corrected chi connectivity index (χ3v) is 6.00. The Hall–Kier alpha value is -2.05. The van der Waals surface area contributed by atoms with Crippen molar-refractivity contribution < 1.29 is 19.1 Å². The molecule has 2 aromatic carbocycles. The molecule has 0 N–H and O–H groups in total. The molecule has 0 aromatic heterocycles. The number of ketones is 2. The van der Waals surface area contributed by atoms with Gasteiger partial charge in [0, 0.05) is 48.4 Å². The smallest absolute Gasteiger partial charge is 0.188 e. The van der Waals surface area contributed by atoms with Gasteiger partial charge in [-0.3, -0.25) is 9.59 Å². The van der Waals surface area contributed by atoms with Gasteiger partial charge in [0.15, 0.2) is 11.6 Å². The maximum Gasteiger partial charge on any atom is 0.188 e. The summed E-state index contributed by atoms with van der Waals surface area (Å²) in [6, 6.07) is 14.2. The molecule has 2 aromatic rings. The minimum atomic E-state index is -0.470. The van der Waals surface area contributed by atoms with Gasteiger partial charge >= 0.3 is 0 Å². The molecule has 5 nitrogen and oxygen atoms in total. The van der Waals surface area contributed by atoms with Gasteiger partial charge in [-0.15, -0.1) is 35.6 Å². The Labute approximate surface area is 237 Å². The summed E-state index contributed by atoms with van der Waals surface area (Å²) in [5, 5.41) is 0. The van der Waals surface area contributed by atoms with Gasteiger partial charge in [-0.1, -0.05) is 20.4 Å². The number of alkyl halides is 2. The average molecular weight is 571 g/mol. The Morgan fingerprint density at radius 3 is 1.73 bits per heavy atom. The van der Waals surface area contributed by atoms with Crippen LogP contribution >= 0.6 is 35.6 Å². The highest BCUT2D eigenvalue weighted by atomic mass is 35.5. The molecule has 0 saturated carbocycles. The van der Waals surface area contributed by atoms with Crippen LogP contribution in [0.3, 0.4) is 0 Å². The van der Waals surface area contributed by atoms with Gasteiger partial charge in [0.1, 0.15) is 11.5 Å². The molecule has 0 bridgehead atoms. The molecule has 2 rings (SSSR count). The topological polar surface area (TPSA) is 55.8 Å². The van der Waals surface area contributed by atoms with Crippen molar-refractivity contribution in [2.75, 3.05) is 44.6 Å². The highest BCUT2D eigenvalue weighted by Crippen LogP contribution is 2.24. The summed E-state index contributed by atoms with van der Waals surface area (Å²) in [6.45, 7) is 11.0. The number of carbonyl (C=O) groups is 2. The van der Waals surface area contributed by atoms with Crippen LogP contribution in [0.4, 0.5) is 0 Å². The molecule has 0 spiro atoms. The Bertz CT molecular complexity index is 958. The lowest BCUT2D eigenvalue weighted by atomic mass is 9.88. The Balaban J connectivity index is 0.00000684. The second-order valence-electron chi connectivity index (χ2n) is 8.62. The SMILES string of the molecule is C=C(CC(CN(CCCl)CCCl)C(=O)c1ccc(OCCC)cc1)C(=O)c1ccc(OCCC)cc1.Cl. The molecule has 0 radical (unpaired) electrons. The molecule has 0 aliphatic heterocycles. The van der Waals surface area contributed by atoms with Gasteiger partial charge in [0.05, 0.1) is 13.2 Å². The van der Waals surface area contributed by atoms with Gasteiger partial charge in [-0.25, -0.2) is 0 Å². The molecule has 1 atom stereocenters. The molecular weight excluding hydrogens is 533 g/mol. The number of halogens is 3. The number of nitrogens with zero attached hydrogens (tertiary/aromatic N) is 1. The lowest BCUT2D eigenvalue weighted by molar-refractivity contribution is 0.0880. The second-order valence-corrected chi connectivity index (χ2v) is 9.38. The van der Waals surface area contributed by atoms with E-state index in [1.54, 1.807) is 48.5 Å². The summed E-state index contributed by atoms with van der Waals surface area (Å²) in [5.74, 6) is 1.59. The molecule has 37 heavy (non-hydrogen) atoms. The predicted molar refractivity (Wildman–Crippen MR) is 155 cm³/mol. The number of hydrogen-bond acceptors (Lipinski definition) is 5. The minimum absolute atomic E-state index is 0. The first-order valence-corrected chi connectivity index (χ1v) is 13.6. The first-order valence-electron chi connectivity index (χ1n) is 12.5. The zero-order valence-electron chi connectivity index (χ0n) is 21.7. The van der Waals surface area contributed by atoms with E-state index in [1.807, 2.05) is 13.8 Å². The number of ether oxygens (including phenoxy) is 2. The zero-order chi connectivity index (χ0) is 26.3. The van der Waals surface area contributed by atoms with Crippen LogP contribution in [0.15, 0.2) is 60.7 Å². The summed E-state index contributed by atoms with van der Waals surface area (Å²) >= 11 is 12.0. The van der Waals surface area contributed by atoms with Gasteiger partial charge in [-0.05, 0) is 73.4 Å². The summed E-state index contributed by atoms with van der Waals surface area (Å²) < 4.78 is 11.2. The van der Waals surface area contributed by atoms with Crippen molar-refractivity contribution in [2.45, 2.75) is 33.1 Å². The third-order valence-electron chi connectivity index (χ3n) is 5.67. The number of rotatable bonds is 18. The van der Waals surface area contributed by atoms with Crippen LogP contribution in [0.2, 0.25) is 0 Å². The summed E-state index contributed by atoms with van der Waals surface area (Å²) in [6.07, 6.45) is 2.05. The van der Waals surface area contributed by atoms with Crippen molar-refractivity contribution in [3.8, 4) is 11.5 Å². The molecule has 204 valence electrons. The van der Waals surface area contributed by atoms with Gasteiger partial charge < -0.3 is 14.4 Å². The van der Waals surface area contributed by atoms with Crippen LogP contribution in [-0.2, 0) is 0 Å². The van der Waals surface area contributed by atoms with E-state index in [2.05, 4.69) is 11.5 Å². The van der Waals surface area contributed by atoms with Gasteiger partial charge in [0.2, 0.25) is 0 Å². The number of allylic oxidation sites excluding steroid dienone is 1. The largest absolute Gasteiger partial charge is 0.494 e. The molecule has 1 unspecified atom stereocenters. The molecule has 8 heteroatoms. The van der Waals surface area contributed by atoms with E-state index in [1.165, 1.54) is 0 Å². The highest BCUT2D eigenvalue weighted by Gasteiger charge is 2.26. The number of carbonyl (C=O) groups excluding carboxylic acids is 2. The Kier molecular flexibility index (Phi) is 16.3.